The first-order valence-corrected chi connectivity index (χ1v) is 8.75. The van der Waals surface area contributed by atoms with Crippen molar-refractivity contribution in [3.63, 3.8) is 0 Å². The monoisotopic (exact) mass is 447 g/mol. The molecule has 0 aliphatic carbocycles. The van der Waals surface area contributed by atoms with Crippen molar-refractivity contribution in [1.29, 1.82) is 0 Å². The van der Waals surface area contributed by atoms with E-state index in [1.807, 2.05) is 0 Å². The molecule has 2 rings (SSSR count). The number of carbonyl (C=O) groups is 2. The lowest BCUT2D eigenvalue weighted by atomic mass is 10.1. The van der Waals surface area contributed by atoms with E-state index in [1.54, 1.807) is 36.4 Å². The van der Waals surface area contributed by atoms with Crippen molar-refractivity contribution < 1.29 is 24.3 Å². The predicted molar refractivity (Wildman–Crippen MR) is 108 cm³/mol. The average molecular weight is 448 g/mol. The lowest BCUT2D eigenvalue weighted by Crippen LogP contribution is -2.17. The van der Waals surface area contributed by atoms with Crippen LogP contribution in [0.5, 0.6) is 11.5 Å². The van der Waals surface area contributed by atoms with Crippen molar-refractivity contribution in [3.05, 3.63) is 63.6 Å². The molecule has 146 valence electrons. The molecule has 9 heteroatoms. The highest BCUT2D eigenvalue weighted by atomic mass is 79.9. The third-order valence-electron chi connectivity index (χ3n) is 3.56. The molecule has 2 aromatic carbocycles. The molecule has 0 aliphatic rings. The molecule has 0 atom stereocenters. The van der Waals surface area contributed by atoms with Gasteiger partial charge in [-0.2, -0.15) is 5.10 Å². The summed E-state index contributed by atoms with van der Waals surface area (Å²) >= 11 is 3.41. The first-order valence-electron chi connectivity index (χ1n) is 7.95. The number of carbonyl (C=O) groups excluding carboxylic acids is 2. The van der Waals surface area contributed by atoms with Gasteiger partial charge in [-0.3, -0.25) is 14.8 Å². The molecule has 0 fully saturated rings. The van der Waals surface area contributed by atoms with Crippen LogP contribution < -0.4 is 20.4 Å². The number of halogens is 1. The summed E-state index contributed by atoms with van der Waals surface area (Å²) in [4.78, 5) is 23.3. The third kappa shape index (κ3) is 5.66. The van der Waals surface area contributed by atoms with E-state index in [0.29, 0.717) is 28.2 Å². The van der Waals surface area contributed by atoms with E-state index in [0.717, 1.165) is 10.5 Å². The van der Waals surface area contributed by atoms with Gasteiger partial charge in [0.1, 0.15) is 0 Å². The lowest BCUT2D eigenvalue weighted by molar-refractivity contribution is -0.124. The Hall–Kier alpha value is -3.17. The number of hydrogen-bond acceptors (Lipinski definition) is 6. The molecule has 0 saturated carbocycles. The fraction of sp³-hybridized carbons (Fsp3) is 0.105. The van der Waals surface area contributed by atoms with Gasteiger partial charge >= 0.3 is 0 Å². The van der Waals surface area contributed by atoms with Gasteiger partial charge in [-0.15, -0.1) is 0 Å². The van der Waals surface area contributed by atoms with E-state index in [9.17, 15) is 9.59 Å². The van der Waals surface area contributed by atoms with E-state index < -0.39 is 11.8 Å². The molecule has 8 nitrogen and oxygen atoms in total. The molecule has 0 spiro atoms. The van der Waals surface area contributed by atoms with E-state index in [2.05, 4.69) is 26.5 Å². The van der Waals surface area contributed by atoms with Crippen LogP contribution in [0.1, 0.15) is 21.5 Å². The Balaban J connectivity index is 2.10. The normalized spacial score (nSPS) is 10.9. The van der Waals surface area contributed by atoms with E-state index in [1.165, 1.54) is 32.0 Å². The van der Waals surface area contributed by atoms with Gasteiger partial charge in [0.25, 0.3) is 11.8 Å². The second kappa shape index (κ2) is 10.2. The average Bonchev–Trinajstić information content (AvgIpc) is 2.72. The summed E-state index contributed by atoms with van der Waals surface area (Å²) in [7, 11) is 3.07. The van der Waals surface area contributed by atoms with Gasteiger partial charge in [0, 0.05) is 21.7 Å². The van der Waals surface area contributed by atoms with Crippen LogP contribution in [-0.2, 0) is 4.79 Å². The van der Waals surface area contributed by atoms with Gasteiger partial charge in [-0.05, 0) is 51.8 Å². The summed E-state index contributed by atoms with van der Waals surface area (Å²) < 4.78 is 11.2. The molecule has 0 unspecified atom stereocenters. The van der Waals surface area contributed by atoms with Crippen LogP contribution >= 0.6 is 15.9 Å². The molecule has 0 aromatic heterocycles. The second-order valence-corrected chi connectivity index (χ2v) is 6.22. The highest BCUT2D eigenvalue weighted by Crippen LogP contribution is 2.32. The van der Waals surface area contributed by atoms with E-state index in [4.69, 9.17) is 14.7 Å². The first-order chi connectivity index (χ1) is 13.5. The van der Waals surface area contributed by atoms with Gasteiger partial charge in [0.05, 0.1) is 20.4 Å². The molecule has 0 radical (unpaired) electrons. The second-order valence-electron chi connectivity index (χ2n) is 5.36. The summed E-state index contributed by atoms with van der Waals surface area (Å²) in [6.07, 6.45) is 4.08. The minimum atomic E-state index is -0.667. The quantitative estimate of drug-likeness (QED) is 0.261. The Morgan fingerprint density at radius 2 is 1.86 bits per heavy atom. The van der Waals surface area contributed by atoms with Crippen molar-refractivity contribution in [3.8, 4) is 11.5 Å². The SMILES string of the molecule is COc1cc(Br)c(C=NNC(=O)c2cccc(C=CC(=O)NO)c2)cc1OC. The highest BCUT2D eigenvalue weighted by molar-refractivity contribution is 9.10. The zero-order valence-corrected chi connectivity index (χ0v) is 16.7. The molecular weight excluding hydrogens is 430 g/mol. The van der Waals surface area contributed by atoms with Crippen molar-refractivity contribution in [1.82, 2.24) is 10.9 Å². The Kier molecular flexibility index (Phi) is 7.73. The summed E-state index contributed by atoms with van der Waals surface area (Å²) in [5.41, 5.74) is 5.58. The molecular formula is C19H18BrN3O5. The van der Waals surface area contributed by atoms with E-state index in [-0.39, 0.29) is 0 Å². The maximum atomic E-state index is 12.3. The molecule has 3 N–H and O–H groups in total. The van der Waals surface area contributed by atoms with Gasteiger partial charge in [0.2, 0.25) is 0 Å². The maximum absolute atomic E-state index is 12.3. The maximum Gasteiger partial charge on any atom is 0.271 e. The van der Waals surface area contributed by atoms with Gasteiger partial charge in [-0.25, -0.2) is 10.9 Å². The number of benzene rings is 2. The number of hydrazone groups is 1. The van der Waals surface area contributed by atoms with Crippen LogP contribution in [0.2, 0.25) is 0 Å². The number of ether oxygens (including phenoxy) is 2. The number of rotatable bonds is 7. The van der Waals surface area contributed by atoms with Crippen LogP contribution in [0, 0.1) is 0 Å². The summed E-state index contributed by atoms with van der Waals surface area (Å²) in [5.74, 6) is 0.00912. The molecule has 2 aromatic rings. The third-order valence-corrected chi connectivity index (χ3v) is 4.25. The van der Waals surface area contributed by atoms with Gasteiger partial charge in [-0.1, -0.05) is 12.1 Å². The van der Waals surface area contributed by atoms with Crippen molar-refractivity contribution in [2.75, 3.05) is 14.2 Å². The Bertz CT molecular complexity index is 928. The number of nitrogens with zero attached hydrogens (tertiary/aromatic N) is 1. The molecule has 0 bridgehead atoms. The van der Waals surface area contributed by atoms with Crippen molar-refractivity contribution in [2.24, 2.45) is 5.10 Å². The van der Waals surface area contributed by atoms with Crippen molar-refractivity contribution >= 4 is 40.0 Å². The predicted octanol–water partition coefficient (Wildman–Crippen LogP) is 2.75. The van der Waals surface area contributed by atoms with Crippen LogP contribution in [0.3, 0.4) is 0 Å². The minimum absolute atomic E-state index is 0.357. The highest BCUT2D eigenvalue weighted by Gasteiger charge is 2.09. The molecule has 28 heavy (non-hydrogen) atoms. The fourth-order valence-electron chi connectivity index (χ4n) is 2.19. The lowest BCUT2D eigenvalue weighted by Gasteiger charge is -2.09. The number of hydroxylamine groups is 1. The number of amides is 2. The summed E-state index contributed by atoms with van der Waals surface area (Å²) in [6, 6.07) is 10.0. The molecule has 0 aliphatic heterocycles. The number of methoxy groups -OCH3 is 2. The van der Waals surface area contributed by atoms with E-state index >= 15 is 0 Å². The Morgan fingerprint density at radius 1 is 1.14 bits per heavy atom. The Labute approximate surface area is 169 Å². The number of hydrogen-bond donors (Lipinski definition) is 3. The standard InChI is InChI=1S/C19H18BrN3O5/c1-27-16-9-14(15(20)10-17(16)28-2)11-21-22-19(25)13-5-3-4-12(8-13)6-7-18(24)23-26/h3-11,26H,1-2H3,(H,22,25)(H,23,24). The van der Waals surface area contributed by atoms with Crippen LogP contribution in [0.15, 0.2) is 52.0 Å². The molecule has 0 heterocycles. The summed E-state index contributed by atoms with van der Waals surface area (Å²) in [6.45, 7) is 0. The first kappa shape index (κ1) is 21.1. The van der Waals surface area contributed by atoms with Gasteiger partial charge in [0.15, 0.2) is 11.5 Å². The fourth-order valence-corrected chi connectivity index (χ4v) is 2.61. The van der Waals surface area contributed by atoms with Crippen LogP contribution in [0.25, 0.3) is 6.08 Å². The summed E-state index contributed by atoms with van der Waals surface area (Å²) in [5, 5.41) is 12.4. The topological polar surface area (TPSA) is 109 Å². The zero-order chi connectivity index (χ0) is 20.5. The molecule has 0 saturated heterocycles. The largest absolute Gasteiger partial charge is 0.493 e. The molecule has 2 amide bonds. The number of nitrogens with one attached hydrogen (secondary N) is 2. The van der Waals surface area contributed by atoms with Crippen molar-refractivity contribution in [2.45, 2.75) is 0 Å². The van der Waals surface area contributed by atoms with Crippen LogP contribution in [0.4, 0.5) is 0 Å². The minimum Gasteiger partial charge on any atom is -0.493 e. The zero-order valence-electron chi connectivity index (χ0n) is 15.1. The smallest absolute Gasteiger partial charge is 0.271 e. The Morgan fingerprint density at radius 3 is 2.54 bits per heavy atom. The van der Waals surface area contributed by atoms with Gasteiger partial charge < -0.3 is 9.47 Å². The van der Waals surface area contributed by atoms with Crippen LogP contribution in [-0.4, -0.2) is 37.5 Å².